The van der Waals surface area contributed by atoms with Gasteiger partial charge in [-0.25, -0.2) is 24.0 Å². The van der Waals surface area contributed by atoms with Gasteiger partial charge in [-0.3, -0.25) is 4.98 Å². The molecular formula is C54H82F6N2O14. The minimum absolute atomic E-state index is 0.0953. The second-order valence-electron chi connectivity index (χ2n) is 23.4. The molecule has 0 radical (unpaired) electrons. The van der Waals surface area contributed by atoms with Gasteiger partial charge in [-0.1, -0.05) is 13.2 Å². The summed E-state index contributed by atoms with van der Waals surface area (Å²) in [5, 5.41) is 9.78. The van der Waals surface area contributed by atoms with Gasteiger partial charge >= 0.3 is 42.8 Å². The maximum atomic E-state index is 13.9. The van der Waals surface area contributed by atoms with Crippen LogP contribution in [-0.2, 0) is 47.5 Å². The molecule has 2 heterocycles. The van der Waals surface area contributed by atoms with Crippen LogP contribution in [0.3, 0.4) is 0 Å². The van der Waals surface area contributed by atoms with Crippen molar-refractivity contribution in [3.8, 4) is 0 Å². The highest BCUT2D eigenvalue weighted by molar-refractivity contribution is 5.87. The molecule has 0 amide bonds. The minimum atomic E-state index is -4.75. The van der Waals surface area contributed by atoms with Gasteiger partial charge in [0.1, 0.15) is 29.0 Å². The third kappa shape index (κ3) is 21.4. The van der Waals surface area contributed by atoms with Crippen molar-refractivity contribution in [2.75, 3.05) is 32.2 Å². The molecular weight excluding hydrogens is 1010 g/mol. The number of anilines is 1. The second kappa shape index (κ2) is 27.0. The topological polar surface area (TPSA) is 196 Å². The summed E-state index contributed by atoms with van der Waals surface area (Å²) in [5.74, 6) is -3.64. The van der Waals surface area contributed by atoms with E-state index in [0.29, 0.717) is 25.7 Å². The highest BCUT2D eigenvalue weighted by atomic mass is 19.4. The predicted octanol–water partition coefficient (Wildman–Crippen LogP) is 12.4. The number of hydrogen-bond donors (Lipinski definition) is 1. The molecule has 1 aromatic heterocycles. The SMILES string of the molecule is C1CCOC1.C=C(C)C(=O)OC1CC2CC1CC2C(C)(O)C(F)(F)F.C=C(C)C(=O)OC1CC2CC1CC2C(C)(OC(=O)OC(C)(C)C)C(F)(F)F.CC(C)(C)OC(=O)OC(=O)OC(C)(C)C.CN(C)c1ccncc1. The summed E-state index contributed by atoms with van der Waals surface area (Å²) in [4.78, 5) is 63.1. The molecule has 5 fully saturated rings. The third-order valence-electron chi connectivity index (χ3n) is 13.0. The van der Waals surface area contributed by atoms with Gasteiger partial charge < -0.3 is 47.9 Å². The van der Waals surface area contributed by atoms with Gasteiger partial charge in [0, 0.05) is 62.5 Å². The fourth-order valence-electron chi connectivity index (χ4n) is 9.33. The summed E-state index contributed by atoms with van der Waals surface area (Å²) in [6, 6.07) is 3.94. The number of aliphatic hydroxyl groups is 1. The largest absolute Gasteiger partial charge is 0.519 e. The molecule has 76 heavy (non-hydrogen) atoms. The Kier molecular flexibility index (Phi) is 23.8. The van der Waals surface area contributed by atoms with E-state index in [1.807, 2.05) is 31.1 Å². The maximum Gasteiger partial charge on any atom is 0.519 e. The average molecular weight is 1100 g/mol. The highest BCUT2D eigenvalue weighted by Crippen LogP contribution is 2.58. The molecule has 0 spiro atoms. The molecule has 1 saturated heterocycles. The van der Waals surface area contributed by atoms with E-state index < -0.39 is 88.7 Å². The van der Waals surface area contributed by atoms with Gasteiger partial charge in [-0.15, -0.1) is 0 Å². The Hall–Kier alpha value is -5.12. The Balaban J connectivity index is 0.000000354. The first-order valence-corrected chi connectivity index (χ1v) is 25.3. The van der Waals surface area contributed by atoms with Crippen molar-refractivity contribution in [3.05, 3.63) is 48.8 Å². The lowest BCUT2D eigenvalue weighted by atomic mass is 9.75. The van der Waals surface area contributed by atoms with Crippen molar-refractivity contribution < 1.29 is 93.3 Å². The van der Waals surface area contributed by atoms with Crippen LogP contribution in [0.25, 0.3) is 0 Å². The summed E-state index contributed by atoms with van der Waals surface area (Å²) in [7, 11) is 4.02. The first kappa shape index (κ1) is 67.0. The zero-order chi connectivity index (χ0) is 58.6. The summed E-state index contributed by atoms with van der Waals surface area (Å²) in [6.07, 6.45) is -5.28. The van der Waals surface area contributed by atoms with Crippen molar-refractivity contribution in [1.29, 1.82) is 0 Å². The van der Waals surface area contributed by atoms with Crippen LogP contribution in [0.2, 0.25) is 0 Å². The van der Waals surface area contributed by atoms with E-state index in [1.54, 1.807) is 74.7 Å². The van der Waals surface area contributed by atoms with Gasteiger partial charge in [0.15, 0.2) is 5.60 Å². The Bertz CT molecular complexity index is 2080. The number of fused-ring (bicyclic) bond motifs is 4. The third-order valence-corrected chi connectivity index (χ3v) is 13.0. The van der Waals surface area contributed by atoms with Crippen LogP contribution in [0.4, 0.5) is 46.4 Å². The van der Waals surface area contributed by atoms with Crippen LogP contribution >= 0.6 is 0 Å². The predicted molar refractivity (Wildman–Crippen MR) is 269 cm³/mol. The summed E-state index contributed by atoms with van der Waals surface area (Å²) in [5.41, 5.74) is -5.95. The molecule has 16 nitrogen and oxygen atoms in total. The standard InChI is InChI=1S/C19H27F3O5.C14H19F3O3.C10H18O5.C7H10N2.C4H8O/c1-10(2)15(23)25-14-9-11-7-12(14)8-13(11)18(6,19(20,21)22)27-16(24)26-17(3,4)5;1-7(2)12(18)20-11-6-8-4-9(11)5-10(8)13(3,19)14(15,16)17;1-9(2,3)14-7(11)13-8(12)15-10(4,5)6;1-9(2)7-3-5-8-6-4-7;1-2-4-5-3-1/h11-14H,1,7-9H2,2-6H3;8-11,19H,1,4-6H2,2-3H3;1-6H3;3-6H,1-2H3;1-4H2. The van der Waals surface area contributed by atoms with Crippen molar-refractivity contribution in [1.82, 2.24) is 4.98 Å². The Labute approximate surface area is 443 Å². The molecule has 4 aliphatic carbocycles. The van der Waals surface area contributed by atoms with Crippen LogP contribution in [-0.4, -0.2) is 120 Å². The lowest BCUT2D eigenvalue weighted by Crippen LogP contribution is -2.54. The van der Waals surface area contributed by atoms with Crippen LogP contribution in [0.5, 0.6) is 0 Å². The van der Waals surface area contributed by atoms with E-state index in [4.69, 9.17) is 33.2 Å². The van der Waals surface area contributed by atoms with Crippen molar-refractivity contribution in [2.45, 2.75) is 194 Å². The van der Waals surface area contributed by atoms with Crippen molar-refractivity contribution in [3.63, 3.8) is 0 Å². The number of pyridine rings is 1. The van der Waals surface area contributed by atoms with Crippen LogP contribution in [0.15, 0.2) is 48.8 Å². The van der Waals surface area contributed by atoms with Gasteiger partial charge in [0.05, 0.1) is 0 Å². The van der Waals surface area contributed by atoms with Gasteiger partial charge in [-0.05, 0) is 183 Å². The normalized spacial score (nSPS) is 25.0. The molecule has 1 aliphatic heterocycles. The van der Waals surface area contributed by atoms with Crippen LogP contribution < -0.4 is 4.90 Å². The molecule has 1 N–H and O–H groups in total. The van der Waals surface area contributed by atoms with Crippen molar-refractivity contribution >= 4 is 36.1 Å². The minimum Gasteiger partial charge on any atom is -0.459 e. The lowest BCUT2D eigenvalue weighted by Gasteiger charge is -2.41. The quantitative estimate of drug-likeness (QED) is 0.0848. The number of esters is 2. The number of halogens is 6. The second-order valence-corrected chi connectivity index (χ2v) is 23.4. The number of carbonyl (C=O) groups excluding carboxylic acids is 5. The van der Waals surface area contributed by atoms with Gasteiger partial charge in [0.2, 0.25) is 5.60 Å². The Morgan fingerprint density at radius 3 is 1.24 bits per heavy atom. The number of nitrogens with zero attached hydrogens (tertiary/aromatic N) is 2. The van der Waals surface area contributed by atoms with Crippen LogP contribution in [0, 0.1) is 35.5 Å². The lowest BCUT2D eigenvalue weighted by molar-refractivity contribution is -0.283. The Morgan fingerprint density at radius 1 is 0.579 bits per heavy atom. The Morgan fingerprint density at radius 2 is 0.961 bits per heavy atom. The fourth-order valence-corrected chi connectivity index (χ4v) is 9.33. The zero-order valence-corrected chi connectivity index (χ0v) is 46.8. The molecule has 6 rings (SSSR count). The van der Waals surface area contributed by atoms with E-state index in [-0.39, 0.29) is 53.8 Å². The van der Waals surface area contributed by atoms with E-state index in [0.717, 1.165) is 27.1 Å². The van der Waals surface area contributed by atoms with Crippen LogP contribution in [0.1, 0.15) is 141 Å². The van der Waals surface area contributed by atoms with Crippen molar-refractivity contribution in [2.24, 2.45) is 35.5 Å². The number of hydrogen-bond acceptors (Lipinski definition) is 16. The van der Waals surface area contributed by atoms with E-state index in [2.05, 4.69) is 22.9 Å². The number of carbonyl (C=O) groups is 5. The average Bonchev–Trinajstić information content (AvgIpc) is 4.11. The summed E-state index contributed by atoms with van der Waals surface area (Å²) >= 11 is 0. The number of aromatic nitrogens is 1. The first-order chi connectivity index (χ1) is 34.5. The molecule has 10 atom stereocenters. The van der Waals surface area contributed by atoms with E-state index >= 15 is 0 Å². The molecule has 5 aliphatic rings. The fraction of sp³-hybridized carbons (Fsp3) is 0.741. The number of alkyl halides is 6. The smallest absolute Gasteiger partial charge is 0.459 e. The molecule has 434 valence electrons. The molecule has 1 aromatic rings. The summed E-state index contributed by atoms with van der Waals surface area (Å²) < 4.78 is 119. The summed E-state index contributed by atoms with van der Waals surface area (Å²) in [6.45, 7) is 28.5. The molecule has 0 aromatic carbocycles. The van der Waals surface area contributed by atoms with Gasteiger partial charge in [-0.2, -0.15) is 26.3 Å². The number of ether oxygens (including phenoxy) is 8. The molecule has 4 saturated carbocycles. The monoisotopic (exact) mass is 1100 g/mol. The maximum absolute atomic E-state index is 13.9. The zero-order valence-electron chi connectivity index (χ0n) is 46.8. The molecule has 4 bridgehead atoms. The van der Waals surface area contributed by atoms with E-state index in [1.165, 1.54) is 32.4 Å². The highest BCUT2D eigenvalue weighted by Gasteiger charge is 2.66. The first-order valence-electron chi connectivity index (χ1n) is 25.3. The van der Waals surface area contributed by atoms with E-state index in [9.17, 15) is 55.4 Å². The van der Waals surface area contributed by atoms with Gasteiger partial charge in [0.25, 0.3) is 0 Å². The number of rotatable bonds is 8. The molecule has 10 unspecified atom stereocenters. The molecule has 22 heteroatoms.